The molecule has 0 radical (unpaired) electrons. The molecule has 0 amide bonds. The zero-order chi connectivity index (χ0) is 10.3. The van der Waals surface area contributed by atoms with Crippen LogP contribution in [0.2, 0.25) is 0 Å². The van der Waals surface area contributed by atoms with Gasteiger partial charge in [-0.3, -0.25) is 4.99 Å². The molecular formula is C9H14N4S2. The average Bonchev–Trinajstić information content (AvgIpc) is 2.88. The lowest BCUT2D eigenvalue weighted by Gasteiger charge is -2.03. The normalized spacial score (nSPS) is 15.3. The zero-order valence-corrected chi connectivity index (χ0v) is 10.0. The molecular weight excluding hydrogens is 228 g/mol. The van der Waals surface area contributed by atoms with E-state index in [-0.39, 0.29) is 0 Å². The molecule has 0 aliphatic carbocycles. The molecule has 0 spiro atoms. The van der Waals surface area contributed by atoms with Gasteiger partial charge in [0.2, 0.25) is 0 Å². The highest BCUT2D eigenvalue weighted by Crippen LogP contribution is 2.10. The lowest BCUT2D eigenvalue weighted by atomic mass is 10.6. The number of thioether (sulfide) groups is 2. The van der Waals surface area contributed by atoms with E-state index in [4.69, 9.17) is 0 Å². The Morgan fingerprint density at radius 1 is 1.60 bits per heavy atom. The van der Waals surface area contributed by atoms with Crippen LogP contribution in [0.15, 0.2) is 17.5 Å². The number of hydrogen-bond acceptors (Lipinski definition) is 5. The van der Waals surface area contributed by atoms with Crippen LogP contribution < -0.4 is 5.32 Å². The number of rotatable bonds is 5. The van der Waals surface area contributed by atoms with E-state index in [2.05, 4.69) is 20.3 Å². The van der Waals surface area contributed by atoms with E-state index in [0.717, 1.165) is 35.5 Å². The first-order valence-corrected chi connectivity index (χ1v) is 7.05. The van der Waals surface area contributed by atoms with Gasteiger partial charge in [0.15, 0.2) is 5.17 Å². The van der Waals surface area contributed by atoms with Gasteiger partial charge < -0.3 is 10.3 Å². The molecule has 0 aromatic carbocycles. The minimum absolute atomic E-state index is 0.967. The van der Waals surface area contributed by atoms with Gasteiger partial charge in [0.25, 0.3) is 0 Å². The van der Waals surface area contributed by atoms with Crippen molar-refractivity contribution >= 4 is 28.7 Å². The quantitative estimate of drug-likeness (QED) is 0.765. The molecule has 2 N–H and O–H groups in total. The molecule has 15 heavy (non-hydrogen) atoms. The Labute approximate surface area is 97.7 Å². The maximum Gasteiger partial charge on any atom is 0.156 e. The van der Waals surface area contributed by atoms with Crippen LogP contribution in [0.25, 0.3) is 0 Å². The third-order valence-electron chi connectivity index (χ3n) is 1.92. The van der Waals surface area contributed by atoms with Crippen molar-refractivity contribution in [1.29, 1.82) is 0 Å². The fourth-order valence-electron chi connectivity index (χ4n) is 1.22. The van der Waals surface area contributed by atoms with Gasteiger partial charge in [-0.15, -0.1) is 0 Å². The number of hydrogen-bond donors (Lipinski definition) is 2. The molecule has 0 atom stereocenters. The topological polar surface area (TPSA) is 53.1 Å². The van der Waals surface area contributed by atoms with E-state index in [9.17, 15) is 0 Å². The highest BCUT2D eigenvalue weighted by Gasteiger charge is 2.04. The number of amidine groups is 1. The van der Waals surface area contributed by atoms with Crippen LogP contribution in [0.1, 0.15) is 5.69 Å². The maximum absolute atomic E-state index is 4.33. The Morgan fingerprint density at radius 2 is 2.60 bits per heavy atom. The first-order valence-electron chi connectivity index (χ1n) is 4.91. The van der Waals surface area contributed by atoms with Crippen molar-refractivity contribution < 1.29 is 0 Å². The molecule has 1 aliphatic rings. The monoisotopic (exact) mass is 242 g/mol. The summed E-state index contributed by atoms with van der Waals surface area (Å²) in [4.78, 5) is 11.4. The van der Waals surface area contributed by atoms with Crippen molar-refractivity contribution in [2.24, 2.45) is 4.99 Å². The van der Waals surface area contributed by atoms with Crippen LogP contribution in [0.3, 0.4) is 0 Å². The van der Waals surface area contributed by atoms with Crippen molar-refractivity contribution in [1.82, 2.24) is 15.3 Å². The fraction of sp³-hybridized carbons (Fsp3) is 0.556. The molecule has 0 bridgehead atoms. The molecule has 0 saturated heterocycles. The van der Waals surface area contributed by atoms with Gasteiger partial charge in [-0.2, -0.15) is 11.8 Å². The van der Waals surface area contributed by atoms with Gasteiger partial charge in [-0.25, -0.2) is 4.98 Å². The molecule has 1 aromatic heterocycles. The molecule has 82 valence electrons. The Kier molecular flexibility index (Phi) is 4.40. The summed E-state index contributed by atoms with van der Waals surface area (Å²) < 4.78 is 0. The highest BCUT2D eigenvalue weighted by molar-refractivity contribution is 8.14. The summed E-state index contributed by atoms with van der Waals surface area (Å²) in [6.07, 6.45) is 3.59. The number of imidazole rings is 1. The Hall–Kier alpha value is -0.620. The third-order valence-corrected chi connectivity index (χ3v) is 3.86. The van der Waals surface area contributed by atoms with E-state index in [1.54, 1.807) is 6.33 Å². The summed E-state index contributed by atoms with van der Waals surface area (Å²) in [5, 5.41) is 4.44. The predicted molar refractivity (Wildman–Crippen MR) is 67.5 cm³/mol. The van der Waals surface area contributed by atoms with Crippen LogP contribution in [0, 0.1) is 0 Å². The van der Waals surface area contributed by atoms with Crippen molar-refractivity contribution in [2.45, 2.75) is 5.75 Å². The van der Waals surface area contributed by atoms with E-state index >= 15 is 0 Å². The summed E-state index contributed by atoms with van der Waals surface area (Å²) in [5.74, 6) is 3.23. The summed E-state index contributed by atoms with van der Waals surface area (Å²) in [6, 6.07) is 0. The molecule has 2 heterocycles. The van der Waals surface area contributed by atoms with Crippen molar-refractivity contribution in [3.05, 3.63) is 18.2 Å². The summed E-state index contributed by atoms with van der Waals surface area (Å²) in [5.41, 5.74) is 1.19. The second kappa shape index (κ2) is 6.07. The van der Waals surface area contributed by atoms with Gasteiger partial charge in [-0.1, -0.05) is 11.8 Å². The summed E-state index contributed by atoms with van der Waals surface area (Å²) in [6.45, 7) is 1.96. The lowest BCUT2D eigenvalue weighted by molar-refractivity contribution is 0.983. The number of nitrogens with zero attached hydrogens (tertiary/aromatic N) is 2. The molecule has 0 unspecified atom stereocenters. The van der Waals surface area contributed by atoms with Crippen LogP contribution in [-0.2, 0) is 5.75 Å². The van der Waals surface area contributed by atoms with Gasteiger partial charge in [0.05, 0.1) is 12.9 Å². The Bertz CT molecular complexity index is 310. The van der Waals surface area contributed by atoms with Crippen LogP contribution in [-0.4, -0.2) is 39.7 Å². The van der Waals surface area contributed by atoms with Gasteiger partial charge in [0, 0.05) is 35.7 Å². The van der Waals surface area contributed by atoms with Gasteiger partial charge in [0.1, 0.15) is 0 Å². The van der Waals surface area contributed by atoms with Crippen molar-refractivity contribution in [3.8, 4) is 0 Å². The second-order valence-electron chi connectivity index (χ2n) is 3.09. The van der Waals surface area contributed by atoms with Crippen LogP contribution in [0.5, 0.6) is 0 Å². The lowest BCUT2D eigenvalue weighted by Crippen LogP contribution is -2.21. The predicted octanol–water partition coefficient (Wildman–Crippen LogP) is 1.34. The van der Waals surface area contributed by atoms with Crippen LogP contribution >= 0.6 is 23.5 Å². The fourth-order valence-corrected chi connectivity index (χ4v) is 2.75. The van der Waals surface area contributed by atoms with Crippen molar-refractivity contribution in [2.75, 3.05) is 24.6 Å². The number of H-pyrrole nitrogens is 1. The molecule has 1 aromatic rings. The van der Waals surface area contributed by atoms with E-state index in [1.807, 2.05) is 29.7 Å². The highest BCUT2D eigenvalue weighted by atomic mass is 32.2. The summed E-state index contributed by atoms with van der Waals surface area (Å²) >= 11 is 3.71. The van der Waals surface area contributed by atoms with Gasteiger partial charge in [-0.05, 0) is 0 Å². The van der Waals surface area contributed by atoms with E-state index in [0.29, 0.717) is 0 Å². The number of aromatic nitrogens is 2. The molecule has 6 heteroatoms. The second-order valence-corrected chi connectivity index (χ2v) is 5.28. The molecule has 0 fully saturated rings. The van der Waals surface area contributed by atoms with Crippen LogP contribution in [0.4, 0.5) is 0 Å². The largest absolute Gasteiger partial charge is 0.364 e. The third kappa shape index (κ3) is 3.79. The standard InChI is InChI=1S/C9H14N4S2/c1(11-9-12-2-4-15-9)3-14-6-8-5-10-7-13-8/h5,7H,1-4,6H2,(H,10,13)(H,11,12). The molecule has 4 nitrogen and oxygen atoms in total. The Morgan fingerprint density at radius 3 is 3.33 bits per heavy atom. The number of aliphatic imine (C=N–C) groups is 1. The SMILES string of the molecule is c1ncc(CSCCNC2=NCCS2)[nH]1. The first kappa shape index (κ1) is 10.9. The zero-order valence-electron chi connectivity index (χ0n) is 8.40. The maximum atomic E-state index is 4.33. The smallest absolute Gasteiger partial charge is 0.156 e. The molecule has 0 saturated carbocycles. The number of aromatic amines is 1. The van der Waals surface area contributed by atoms with E-state index < -0.39 is 0 Å². The average molecular weight is 242 g/mol. The minimum atomic E-state index is 0.967. The molecule has 2 rings (SSSR count). The molecule has 1 aliphatic heterocycles. The Balaban J connectivity index is 1.52. The van der Waals surface area contributed by atoms with Crippen molar-refractivity contribution in [3.63, 3.8) is 0 Å². The van der Waals surface area contributed by atoms with E-state index in [1.165, 1.54) is 5.69 Å². The minimum Gasteiger partial charge on any atom is -0.364 e. The van der Waals surface area contributed by atoms with Gasteiger partial charge >= 0.3 is 0 Å². The summed E-state index contributed by atoms with van der Waals surface area (Å²) in [7, 11) is 0. The first-order chi connectivity index (χ1) is 7.45. The number of nitrogens with one attached hydrogen (secondary N) is 2.